The van der Waals surface area contributed by atoms with Crippen molar-refractivity contribution in [2.24, 2.45) is 28.1 Å². The zero-order valence-corrected chi connectivity index (χ0v) is 15.8. The van der Waals surface area contributed by atoms with Crippen molar-refractivity contribution >= 4 is 11.8 Å². The van der Waals surface area contributed by atoms with E-state index in [1.165, 1.54) is 0 Å². The van der Waals surface area contributed by atoms with Gasteiger partial charge in [-0.15, -0.1) is 0 Å². The summed E-state index contributed by atoms with van der Waals surface area (Å²) in [6.45, 7) is 10.5. The van der Waals surface area contributed by atoms with Gasteiger partial charge < -0.3 is 9.84 Å². The first-order valence-corrected chi connectivity index (χ1v) is 9.37. The van der Waals surface area contributed by atoms with E-state index < -0.39 is 17.5 Å². The standard InChI is InChI=1S/C21H28O4/c1-11-6-7-12-20(4)9-8-14(22)19(2,3)13(20)10-15-21(12,5)16(11)17(23)18(24)25-15/h8-9,12-13,15,17,23H,6-7,10H2,1-5H3/t12-,13-,15-,17-,20+,21-/m0/s1. The number of carbonyl (C=O) groups excluding carboxylic acids is 2. The smallest absolute Gasteiger partial charge is 0.339 e. The minimum absolute atomic E-state index is 0.128. The van der Waals surface area contributed by atoms with Crippen LogP contribution in [0.1, 0.15) is 53.9 Å². The molecular weight excluding hydrogens is 316 g/mol. The average molecular weight is 344 g/mol. The molecule has 4 heteroatoms. The number of hydrogen-bond donors (Lipinski definition) is 1. The molecule has 4 aliphatic rings. The quantitative estimate of drug-likeness (QED) is 0.541. The summed E-state index contributed by atoms with van der Waals surface area (Å²) in [5.74, 6) is -0.00262. The lowest BCUT2D eigenvalue weighted by molar-refractivity contribution is -0.204. The van der Waals surface area contributed by atoms with E-state index in [-0.39, 0.29) is 34.6 Å². The van der Waals surface area contributed by atoms with Crippen molar-refractivity contribution in [2.75, 3.05) is 0 Å². The zero-order chi connectivity index (χ0) is 18.4. The number of allylic oxidation sites excluding steroid dienone is 3. The molecule has 0 aromatic carbocycles. The minimum atomic E-state index is -1.15. The maximum Gasteiger partial charge on any atom is 0.339 e. The third-order valence-corrected chi connectivity index (χ3v) is 8.05. The number of fused-ring (bicyclic) bond motifs is 2. The maximum atomic E-state index is 12.6. The zero-order valence-electron chi connectivity index (χ0n) is 15.8. The molecule has 0 aromatic rings. The predicted molar refractivity (Wildman–Crippen MR) is 93.6 cm³/mol. The van der Waals surface area contributed by atoms with E-state index in [4.69, 9.17) is 4.74 Å². The van der Waals surface area contributed by atoms with Gasteiger partial charge in [-0.2, -0.15) is 0 Å². The fraction of sp³-hybridized carbons (Fsp3) is 0.714. The summed E-state index contributed by atoms with van der Waals surface area (Å²) in [4.78, 5) is 24.9. The number of rotatable bonds is 0. The first-order valence-electron chi connectivity index (χ1n) is 9.37. The second kappa shape index (κ2) is 4.85. The van der Waals surface area contributed by atoms with Crippen molar-refractivity contribution in [3.8, 4) is 0 Å². The van der Waals surface area contributed by atoms with Crippen molar-refractivity contribution in [3.63, 3.8) is 0 Å². The fourth-order valence-electron chi connectivity index (χ4n) is 6.72. The first-order chi connectivity index (χ1) is 11.5. The molecule has 1 heterocycles. The van der Waals surface area contributed by atoms with E-state index in [1.54, 1.807) is 6.08 Å². The van der Waals surface area contributed by atoms with Crippen LogP contribution in [0.4, 0.5) is 0 Å². The van der Waals surface area contributed by atoms with Crippen LogP contribution in [0.3, 0.4) is 0 Å². The summed E-state index contributed by atoms with van der Waals surface area (Å²) in [6, 6.07) is 0. The summed E-state index contributed by atoms with van der Waals surface area (Å²) >= 11 is 0. The molecular formula is C21H28O4. The maximum absolute atomic E-state index is 12.6. The van der Waals surface area contributed by atoms with Gasteiger partial charge in [0.15, 0.2) is 11.9 Å². The fourth-order valence-corrected chi connectivity index (χ4v) is 6.72. The summed E-state index contributed by atoms with van der Waals surface area (Å²) in [5.41, 5.74) is 1.04. The number of aliphatic hydroxyl groups is 1. The number of ketones is 1. The highest BCUT2D eigenvalue weighted by molar-refractivity contribution is 5.96. The molecule has 0 spiro atoms. The molecule has 1 saturated carbocycles. The average Bonchev–Trinajstić information content (AvgIpc) is 2.52. The first kappa shape index (κ1) is 17.0. The second-order valence-electron chi connectivity index (χ2n) is 9.47. The number of ether oxygens (including phenoxy) is 1. The van der Waals surface area contributed by atoms with Crippen molar-refractivity contribution < 1.29 is 19.4 Å². The van der Waals surface area contributed by atoms with Gasteiger partial charge in [0, 0.05) is 10.8 Å². The van der Waals surface area contributed by atoms with Gasteiger partial charge in [0.25, 0.3) is 0 Å². The van der Waals surface area contributed by atoms with Gasteiger partial charge in [-0.3, -0.25) is 4.79 Å². The Kier molecular flexibility index (Phi) is 3.30. The topological polar surface area (TPSA) is 63.6 Å². The molecule has 4 rings (SSSR count). The number of hydrogen-bond acceptors (Lipinski definition) is 4. The van der Waals surface area contributed by atoms with Gasteiger partial charge in [-0.05, 0) is 55.1 Å². The Hall–Kier alpha value is -1.42. The minimum Gasteiger partial charge on any atom is -0.459 e. The van der Waals surface area contributed by atoms with Crippen LogP contribution in [-0.2, 0) is 14.3 Å². The molecule has 6 atom stereocenters. The second-order valence-corrected chi connectivity index (χ2v) is 9.47. The van der Waals surface area contributed by atoms with Gasteiger partial charge >= 0.3 is 5.97 Å². The predicted octanol–water partition coefficient (Wildman–Crippen LogP) is 3.20. The number of carbonyl (C=O) groups is 2. The molecule has 0 radical (unpaired) electrons. The molecule has 1 aliphatic heterocycles. The SMILES string of the molecule is CC1=C2[C@H](O)C(=O)O[C@H]3C[C@H]4C(C)(C)C(=O)C=C[C@]4(C)[C@H](CC1)[C@]23C. The molecule has 0 bridgehead atoms. The summed E-state index contributed by atoms with van der Waals surface area (Å²) in [5, 5.41) is 10.6. The van der Waals surface area contributed by atoms with Crippen molar-refractivity contribution in [1.29, 1.82) is 0 Å². The van der Waals surface area contributed by atoms with Crippen LogP contribution in [0, 0.1) is 28.1 Å². The van der Waals surface area contributed by atoms with Crippen LogP contribution in [0.2, 0.25) is 0 Å². The van der Waals surface area contributed by atoms with Crippen LogP contribution >= 0.6 is 0 Å². The summed E-state index contributed by atoms with van der Waals surface area (Å²) in [6.07, 6.45) is 5.00. The summed E-state index contributed by atoms with van der Waals surface area (Å²) < 4.78 is 5.75. The van der Waals surface area contributed by atoms with Gasteiger partial charge in [0.05, 0.1) is 0 Å². The molecule has 0 unspecified atom stereocenters. The lowest BCUT2D eigenvalue weighted by atomic mass is 9.40. The molecule has 0 amide bonds. The highest BCUT2D eigenvalue weighted by Gasteiger charge is 2.67. The molecule has 1 N–H and O–H groups in total. The van der Waals surface area contributed by atoms with Gasteiger partial charge in [0.1, 0.15) is 6.10 Å². The monoisotopic (exact) mass is 344 g/mol. The van der Waals surface area contributed by atoms with Crippen LogP contribution in [-0.4, -0.2) is 29.1 Å². The van der Waals surface area contributed by atoms with E-state index in [9.17, 15) is 14.7 Å². The highest BCUT2D eigenvalue weighted by Crippen LogP contribution is 2.68. The largest absolute Gasteiger partial charge is 0.459 e. The molecule has 0 aromatic heterocycles. The van der Waals surface area contributed by atoms with Crippen molar-refractivity contribution in [3.05, 3.63) is 23.3 Å². The van der Waals surface area contributed by atoms with Crippen molar-refractivity contribution in [1.82, 2.24) is 0 Å². The van der Waals surface area contributed by atoms with Crippen LogP contribution in [0.5, 0.6) is 0 Å². The van der Waals surface area contributed by atoms with E-state index in [0.29, 0.717) is 6.42 Å². The van der Waals surface area contributed by atoms with E-state index in [1.807, 2.05) is 20.8 Å². The van der Waals surface area contributed by atoms with Gasteiger partial charge in [0.2, 0.25) is 0 Å². The third-order valence-electron chi connectivity index (χ3n) is 8.05. The Balaban J connectivity index is 1.93. The Morgan fingerprint density at radius 3 is 2.52 bits per heavy atom. The van der Waals surface area contributed by atoms with E-state index in [0.717, 1.165) is 24.0 Å². The molecule has 136 valence electrons. The lowest BCUT2D eigenvalue weighted by Crippen LogP contribution is -2.66. The van der Waals surface area contributed by atoms with E-state index >= 15 is 0 Å². The number of esters is 1. The highest BCUT2D eigenvalue weighted by atomic mass is 16.6. The normalized spacial score (nSPS) is 47.9. The molecule has 2 fully saturated rings. The number of aliphatic hydroxyl groups excluding tert-OH is 1. The van der Waals surface area contributed by atoms with Crippen LogP contribution in [0.25, 0.3) is 0 Å². The molecule has 1 saturated heterocycles. The Bertz CT molecular complexity index is 730. The van der Waals surface area contributed by atoms with Crippen LogP contribution in [0.15, 0.2) is 23.3 Å². The van der Waals surface area contributed by atoms with Gasteiger partial charge in [-0.1, -0.05) is 39.3 Å². The third kappa shape index (κ3) is 1.87. The Labute approximate surface area is 149 Å². The molecule has 3 aliphatic carbocycles. The van der Waals surface area contributed by atoms with Crippen molar-refractivity contribution in [2.45, 2.75) is 66.1 Å². The van der Waals surface area contributed by atoms with Gasteiger partial charge in [-0.25, -0.2) is 4.79 Å². The summed E-state index contributed by atoms with van der Waals surface area (Å²) in [7, 11) is 0. The lowest BCUT2D eigenvalue weighted by Gasteiger charge is -2.65. The Morgan fingerprint density at radius 1 is 1.16 bits per heavy atom. The molecule has 4 nitrogen and oxygen atoms in total. The molecule has 25 heavy (non-hydrogen) atoms. The Morgan fingerprint density at radius 2 is 1.84 bits per heavy atom. The van der Waals surface area contributed by atoms with E-state index in [2.05, 4.69) is 19.9 Å². The van der Waals surface area contributed by atoms with Crippen LogP contribution < -0.4 is 0 Å².